The van der Waals surface area contributed by atoms with E-state index in [1.807, 2.05) is 48.5 Å². The van der Waals surface area contributed by atoms with Crippen LogP contribution in [0.3, 0.4) is 0 Å². The lowest BCUT2D eigenvalue weighted by Gasteiger charge is -2.05. The zero-order valence-corrected chi connectivity index (χ0v) is 14.6. The molecule has 0 radical (unpaired) electrons. The third-order valence-corrected chi connectivity index (χ3v) is 3.89. The molecule has 120 valence electrons. The van der Waals surface area contributed by atoms with Crippen LogP contribution in [0.1, 0.15) is 50.2 Å². The average Bonchev–Trinajstić information content (AvgIpc) is 2.58. The van der Waals surface area contributed by atoms with Crippen LogP contribution in [0.5, 0.6) is 5.75 Å². The van der Waals surface area contributed by atoms with Crippen molar-refractivity contribution in [3.8, 4) is 17.6 Å². The van der Waals surface area contributed by atoms with E-state index in [2.05, 4.69) is 31.4 Å². The molecule has 1 nitrogen and oxygen atoms in total. The number of hydrogen-bond donors (Lipinski definition) is 1. The number of benzene rings is 2. The number of hydrogen-bond acceptors (Lipinski definition) is 2. The molecule has 0 saturated heterocycles. The van der Waals surface area contributed by atoms with Crippen LogP contribution >= 0.6 is 12.6 Å². The quantitative estimate of drug-likeness (QED) is 0.389. The van der Waals surface area contributed by atoms with Crippen molar-refractivity contribution in [3.63, 3.8) is 0 Å². The van der Waals surface area contributed by atoms with Gasteiger partial charge in [0.05, 0.1) is 6.61 Å². The fourth-order valence-corrected chi connectivity index (χ4v) is 2.37. The van der Waals surface area contributed by atoms with E-state index in [1.54, 1.807) is 0 Å². The van der Waals surface area contributed by atoms with Crippen LogP contribution in [0, 0.1) is 11.8 Å². The van der Waals surface area contributed by atoms with E-state index >= 15 is 0 Å². The second kappa shape index (κ2) is 10.0. The third-order valence-electron chi connectivity index (χ3n) is 3.59. The highest BCUT2D eigenvalue weighted by atomic mass is 32.1. The molecule has 0 spiro atoms. The minimum absolute atomic E-state index is 0.796. The van der Waals surface area contributed by atoms with Crippen molar-refractivity contribution in [2.45, 2.75) is 43.9 Å². The molecule has 0 aromatic heterocycles. The molecule has 0 bridgehead atoms. The van der Waals surface area contributed by atoms with Gasteiger partial charge < -0.3 is 4.74 Å². The third kappa shape index (κ3) is 6.84. The summed E-state index contributed by atoms with van der Waals surface area (Å²) in [7, 11) is 0. The molecule has 0 saturated carbocycles. The van der Waals surface area contributed by atoms with Gasteiger partial charge in [-0.1, -0.05) is 44.4 Å². The van der Waals surface area contributed by atoms with Gasteiger partial charge in [0.2, 0.25) is 0 Å². The molecule has 0 aliphatic carbocycles. The Bertz CT molecular complexity index is 632. The molecule has 2 rings (SSSR count). The van der Waals surface area contributed by atoms with Crippen molar-refractivity contribution in [1.82, 2.24) is 0 Å². The summed E-state index contributed by atoms with van der Waals surface area (Å²) in [6, 6.07) is 15.9. The van der Waals surface area contributed by atoms with Gasteiger partial charge in [-0.2, -0.15) is 0 Å². The predicted octanol–water partition coefficient (Wildman–Crippen LogP) is 5.72. The molecule has 0 atom stereocenters. The van der Waals surface area contributed by atoms with Gasteiger partial charge in [0.15, 0.2) is 0 Å². The molecule has 0 heterocycles. The number of thiol groups is 1. The molecule has 0 amide bonds. The molecule has 2 aromatic rings. The largest absolute Gasteiger partial charge is 0.494 e. The first-order chi connectivity index (χ1) is 11.3. The molecule has 0 aliphatic rings. The Labute approximate surface area is 145 Å². The lowest BCUT2D eigenvalue weighted by molar-refractivity contribution is 0.304. The molecule has 23 heavy (non-hydrogen) atoms. The highest BCUT2D eigenvalue weighted by molar-refractivity contribution is 7.80. The molecule has 2 aromatic carbocycles. The summed E-state index contributed by atoms with van der Waals surface area (Å²) in [6.45, 7) is 3.03. The summed E-state index contributed by atoms with van der Waals surface area (Å²) in [5.74, 6) is 7.24. The summed E-state index contributed by atoms with van der Waals surface area (Å²) < 4.78 is 5.76. The van der Waals surface area contributed by atoms with Gasteiger partial charge in [-0.25, -0.2) is 0 Å². The lowest BCUT2D eigenvalue weighted by atomic mass is 10.1. The van der Waals surface area contributed by atoms with Gasteiger partial charge in [-0.05, 0) is 55.0 Å². The van der Waals surface area contributed by atoms with Crippen LogP contribution in [0.4, 0.5) is 0 Å². The highest BCUT2D eigenvalue weighted by Gasteiger charge is 1.95. The Morgan fingerprint density at radius 2 is 1.35 bits per heavy atom. The van der Waals surface area contributed by atoms with Crippen molar-refractivity contribution >= 4 is 12.6 Å². The Morgan fingerprint density at radius 1 is 0.783 bits per heavy atom. The second-order valence-electron chi connectivity index (χ2n) is 5.58. The zero-order valence-electron chi connectivity index (χ0n) is 13.7. The number of unbranched alkanes of at least 4 members (excludes halogenated alkanes) is 4. The average molecular weight is 324 g/mol. The van der Waals surface area contributed by atoms with E-state index < -0.39 is 0 Å². The molecule has 0 fully saturated rings. The summed E-state index contributed by atoms with van der Waals surface area (Å²) in [5.41, 5.74) is 1.99. The standard InChI is InChI=1S/C21H24OS/c1-2-3-4-5-6-17-22-20-13-9-18(10-14-20)7-8-19-11-15-21(23)16-12-19/h9-16,23H,2-6,17H2,1H3. The Balaban J connectivity index is 1.79. The van der Waals surface area contributed by atoms with Crippen LogP contribution in [-0.4, -0.2) is 6.61 Å². The van der Waals surface area contributed by atoms with Crippen LogP contribution in [0.25, 0.3) is 0 Å². The zero-order chi connectivity index (χ0) is 16.3. The predicted molar refractivity (Wildman–Crippen MR) is 100 cm³/mol. The van der Waals surface area contributed by atoms with Crippen molar-refractivity contribution in [2.24, 2.45) is 0 Å². The van der Waals surface area contributed by atoms with E-state index in [0.29, 0.717) is 0 Å². The summed E-state index contributed by atoms with van der Waals surface area (Å²) in [4.78, 5) is 0.951. The van der Waals surface area contributed by atoms with E-state index in [0.717, 1.165) is 34.8 Å². The second-order valence-corrected chi connectivity index (χ2v) is 6.10. The van der Waals surface area contributed by atoms with Crippen LogP contribution in [-0.2, 0) is 0 Å². The fraction of sp³-hybridized carbons (Fsp3) is 0.333. The summed E-state index contributed by atoms with van der Waals surface area (Å²) >= 11 is 4.27. The normalized spacial score (nSPS) is 10.0. The van der Waals surface area contributed by atoms with Crippen LogP contribution < -0.4 is 4.74 Å². The SMILES string of the molecule is CCCCCCCOc1ccc(C#Cc2ccc(S)cc2)cc1. The molecular weight excluding hydrogens is 300 g/mol. The monoisotopic (exact) mass is 324 g/mol. The Kier molecular flexibility index (Phi) is 7.63. The van der Waals surface area contributed by atoms with Gasteiger partial charge in [-0.3, -0.25) is 0 Å². The van der Waals surface area contributed by atoms with Crippen LogP contribution in [0.15, 0.2) is 53.4 Å². The van der Waals surface area contributed by atoms with Crippen molar-refractivity contribution in [3.05, 3.63) is 59.7 Å². The van der Waals surface area contributed by atoms with Gasteiger partial charge >= 0.3 is 0 Å². The maximum absolute atomic E-state index is 5.76. The topological polar surface area (TPSA) is 9.23 Å². The maximum Gasteiger partial charge on any atom is 0.119 e. The molecule has 0 unspecified atom stereocenters. The van der Waals surface area contributed by atoms with Gasteiger partial charge in [0.1, 0.15) is 5.75 Å². The maximum atomic E-state index is 5.76. The first-order valence-corrected chi connectivity index (χ1v) is 8.76. The fourth-order valence-electron chi connectivity index (χ4n) is 2.22. The van der Waals surface area contributed by atoms with E-state index in [4.69, 9.17) is 4.74 Å². The Hall–Kier alpha value is -1.85. The first-order valence-electron chi connectivity index (χ1n) is 8.32. The number of rotatable bonds is 7. The Morgan fingerprint density at radius 3 is 1.96 bits per heavy atom. The van der Waals surface area contributed by atoms with E-state index in [9.17, 15) is 0 Å². The minimum atomic E-state index is 0.796. The minimum Gasteiger partial charge on any atom is -0.494 e. The summed E-state index contributed by atoms with van der Waals surface area (Å²) in [6.07, 6.45) is 6.29. The van der Waals surface area contributed by atoms with Gasteiger partial charge in [0, 0.05) is 16.0 Å². The first kappa shape index (κ1) is 17.5. The molecule has 0 N–H and O–H groups in total. The molecular formula is C21H24OS. The van der Waals surface area contributed by atoms with Gasteiger partial charge in [-0.15, -0.1) is 12.6 Å². The highest BCUT2D eigenvalue weighted by Crippen LogP contribution is 2.13. The number of ether oxygens (including phenoxy) is 1. The molecule has 2 heteroatoms. The lowest BCUT2D eigenvalue weighted by Crippen LogP contribution is -1.97. The van der Waals surface area contributed by atoms with Crippen molar-refractivity contribution in [2.75, 3.05) is 6.61 Å². The van der Waals surface area contributed by atoms with E-state index in [-0.39, 0.29) is 0 Å². The van der Waals surface area contributed by atoms with Gasteiger partial charge in [0.25, 0.3) is 0 Å². The van der Waals surface area contributed by atoms with E-state index in [1.165, 1.54) is 25.7 Å². The smallest absolute Gasteiger partial charge is 0.119 e. The molecule has 0 aliphatic heterocycles. The summed E-state index contributed by atoms with van der Waals surface area (Å²) in [5, 5.41) is 0. The van der Waals surface area contributed by atoms with Crippen molar-refractivity contribution in [1.29, 1.82) is 0 Å². The van der Waals surface area contributed by atoms with Crippen molar-refractivity contribution < 1.29 is 4.74 Å². The van der Waals surface area contributed by atoms with Crippen LogP contribution in [0.2, 0.25) is 0 Å².